The SMILES string of the molecule is CCOCC1CCN(C(=NC)NC2CC(C)(OC)C2(C)C)C1.I. The number of guanidine groups is 1. The van der Waals surface area contributed by atoms with Gasteiger partial charge in [0, 0.05) is 51.2 Å². The molecule has 2 fully saturated rings. The average molecular weight is 439 g/mol. The number of nitrogens with one attached hydrogen (secondary N) is 1. The fourth-order valence-electron chi connectivity index (χ4n) is 3.62. The molecule has 2 aliphatic rings. The van der Waals surface area contributed by atoms with Crippen molar-refractivity contribution in [3.8, 4) is 0 Å². The summed E-state index contributed by atoms with van der Waals surface area (Å²) in [5, 5.41) is 3.66. The Balaban J connectivity index is 0.00000264. The van der Waals surface area contributed by atoms with Crippen molar-refractivity contribution in [2.24, 2.45) is 16.3 Å². The summed E-state index contributed by atoms with van der Waals surface area (Å²) in [6, 6.07) is 0.405. The first-order valence-electron chi connectivity index (χ1n) is 8.49. The fourth-order valence-corrected chi connectivity index (χ4v) is 3.62. The van der Waals surface area contributed by atoms with Crippen molar-refractivity contribution in [3.63, 3.8) is 0 Å². The summed E-state index contributed by atoms with van der Waals surface area (Å²) in [4.78, 5) is 6.86. The molecule has 0 amide bonds. The van der Waals surface area contributed by atoms with Crippen LogP contribution < -0.4 is 5.32 Å². The van der Waals surface area contributed by atoms with Gasteiger partial charge in [0.1, 0.15) is 0 Å². The normalized spacial score (nSPS) is 33.1. The average Bonchev–Trinajstić information content (AvgIpc) is 2.97. The first-order valence-corrected chi connectivity index (χ1v) is 8.49. The summed E-state index contributed by atoms with van der Waals surface area (Å²) in [5.41, 5.74) is 0.0498. The molecule has 0 spiro atoms. The third-order valence-corrected chi connectivity index (χ3v) is 5.94. The van der Waals surface area contributed by atoms with Crippen LogP contribution >= 0.6 is 24.0 Å². The number of ether oxygens (including phenoxy) is 2. The minimum absolute atomic E-state index is 0. The first kappa shape index (κ1) is 21.0. The van der Waals surface area contributed by atoms with Crippen LogP contribution in [0, 0.1) is 11.3 Å². The van der Waals surface area contributed by atoms with Crippen LogP contribution in [0.3, 0.4) is 0 Å². The Labute approximate surface area is 158 Å². The van der Waals surface area contributed by atoms with Gasteiger partial charge in [-0.1, -0.05) is 13.8 Å². The molecule has 1 saturated carbocycles. The van der Waals surface area contributed by atoms with Crippen LogP contribution in [0.5, 0.6) is 0 Å². The molecule has 1 heterocycles. The highest BCUT2D eigenvalue weighted by molar-refractivity contribution is 14.0. The molecule has 0 radical (unpaired) electrons. The van der Waals surface area contributed by atoms with Crippen molar-refractivity contribution >= 4 is 29.9 Å². The quantitative estimate of drug-likeness (QED) is 0.407. The molecule has 0 aromatic heterocycles. The highest BCUT2D eigenvalue weighted by atomic mass is 127. The van der Waals surface area contributed by atoms with E-state index in [1.54, 1.807) is 0 Å². The number of methoxy groups -OCH3 is 1. The summed E-state index contributed by atoms with van der Waals surface area (Å²) in [6.45, 7) is 12.6. The Bertz CT molecular complexity index is 417. The second-order valence-electron chi connectivity index (χ2n) is 7.37. The van der Waals surface area contributed by atoms with E-state index in [1.807, 2.05) is 14.2 Å². The lowest BCUT2D eigenvalue weighted by Gasteiger charge is -2.59. The molecule has 1 saturated heterocycles. The van der Waals surface area contributed by atoms with Gasteiger partial charge < -0.3 is 19.7 Å². The highest BCUT2D eigenvalue weighted by Gasteiger charge is 2.58. The summed E-state index contributed by atoms with van der Waals surface area (Å²) in [7, 11) is 3.69. The Morgan fingerprint density at radius 2 is 2.04 bits per heavy atom. The largest absolute Gasteiger partial charge is 0.381 e. The fraction of sp³-hybridized carbons (Fsp3) is 0.941. The van der Waals surface area contributed by atoms with E-state index < -0.39 is 0 Å². The van der Waals surface area contributed by atoms with Gasteiger partial charge in [-0.2, -0.15) is 0 Å². The number of hydrogen-bond acceptors (Lipinski definition) is 3. The standard InChI is InChI=1S/C17H33N3O2.HI/c1-7-22-12-13-8-9-20(11-13)15(18-5)19-14-10-17(4,21-6)16(14,2)3;/h13-14H,7-12H2,1-6H3,(H,18,19);1H. The Kier molecular flexibility index (Phi) is 7.60. The lowest BCUT2D eigenvalue weighted by atomic mass is 9.56. The molecule has 0 aromatic rings. The summed E-state index contributed by atoms with van der Waals surface area (Å²) in [5.74, 6) is 1.65. The van der Waals surface area contributed by atoms with Crippen molar-refractivity contribution < 1.29 is 9.47 Å². The minimum Gasteiger partial charge on any atom is -0.381 e. The number of rotatable bonds is 5. The van der Waals surface area contributed by atoms with E-state index in [4.69, 9.17) is 9.47 Å². The predicted octanol–water partition coefficient (Wildman–Crippen LogP) is 2.74. The third kappa shape index (κ3) is 4.12. The second-order valence-corrected chi connectivity index (χ2v) is 7.37. The smallest absolute Gasteiger partial charge is 0.193 e. The van der Waals surface area contributed by atoms with E-state index in [-0.39, 0.29) is 35.0 Å². The summed E-state index contributed by atoms with van der Waals surface area (Å²) in [6.07, 6.45) is 2.20. The maximum atomic E-state index is 5.71. The van der Waals surface area contributed by atoms with E-state index in [2.05, 4.69) is 42.9 Å². The van der Waals surface area contributed by atoms with Gasteiger partial charge in [-0.05, 0) is 26.7 Å². The number of likely N-dealkylation sites (tertiary alicyclic amines) is 1. The second kappa shape index (κ2) is 8.34. The molecule has 0 aromatic carbocycles. The summed E-state index contributed by atoms with van der Waals surface area (Å²) >= 11 is 0. The molecule has 23 heavy (non-hydrogen) atoms. The van der Waals surface area contributed by atoms with Crippen LogP contribution in [0.15, 0.2) is 4.99 Å². The molecule has 1 N–H and O–H groups in total. The topological polar surface area (TPSA) is 46.1 Å². The lowest BCUT2D eigenvalue weighted by Crippen LogP contribution is -2.69. The van der Waals surface area contributed by atoms with Crippen LogP contribution in [-0.2, 0) is 9.47 Å². The zero-order chi connectivity index (χ0) is 16.4. The van der Waals surface area contributed by atoms with Gasteiger partial charge in [0.15, 0.2) is 5.96 Å². The number of halogens is 1. The monoisotopic (exact) mass is 439 g/mol. The minimum atomic E-state index is -0.0496. The van der Waals surface area contributed by atoms with E-state index in [0.717, 1.165) is 38.7 Å². The Hall–Kier alpha value is -0.0800. The molecule has 5 nitrogen and oxygen atoms in total. The van der Waals surface area contributed by atoms with Gasteiger partial charge in [-0.15, -0.1) is 24.0 Å². The number of aliphatic imine (C=N–C) groups is 1. The molecule has 1 aliphatic heterocycles. The first-order chi connectivity index (χ1) is 10.4. The maximum absolute atomic E-state index is 5.71. The van der Waals surface area contributed by atoms with Gasteiger partial charge >= 0.3 is 0 Å². The molecular weight excluding hydrogens is 405 g/mol. The van der Waals surface area contributed by atoms with Crippen LogP contribution in [0.4, 0.5) is 0 Å². The highest BCUT2D eigenvalue weighted by Crippen LogP contribution is 2.51. The molecule has 6 heteroatoms. The molecule has 2 rings (SSSR count). The zero-order valence-electron chi connectivity index (χ0n) is 15.5. The zero-order valence-corrected chi connectivity index (χ0v) is 17.8. The van der Waals surface area contributed by atoms with Crippen molar-refractivity contribution in [2.45, 2.75) is 52.2 Å². The Morgan fingerprint density at radius 1 is 1.35 bits per heavy atom. The summed E-state index contributed by atoms with van der Waals surface area (Å²) < 4.78 is 11.3. The van der Waals surface area contributed by atoms with Crippen LogP contribution in [0.2, 0.25) is 0 Å². The van der Waals surface area contributed by atoms with E-state index in [0.29, 0.717) is 12.0 Å². The Morgan fingerprint density at radius 3 is 2.57 bits per heavy atom. The maximum Gasteiger partial charge on any atom is 0.193 e. The van der Waals surface area contributed by atoms with Gasteiger partial charge in [0.05, 0.1) is 12.2 Å². The molecule has 0 bridgehead atoms. The van der Waals surface area contributed by atoms with Crippen molar-refractivity contribution in [3.05, 3.63) is 0 Å². The predicted molar refractivity (Wildman–Crippen MR) is 106 cm³/mol. The number of nitrogens with zero attached hydrogens (tertiary/aromatic N) is 2. The van der Waals surface area contributed by atoms with Crippen molar-refractivity contribution in [1.29, 1.82) is 0 Å². The van der Waals surface area contributed by atoms with Gasteiger partial charge in [0.2, 0.25) is 0 Å². The van der Waals surface area contributed by atoms with Crippen LogP contribution in [0.1, 0.15) is 40.5 Å². The van der Waals surface area contributed by atoms with Crippen molar-refractivity contribution in [1.82, 2.24) is 10.2 Å². The molecular formula is C17H34IN3O2. The van der Waals surface area contributed by atoms with Crippen LogP contribution in [0.25, 0.3) is 0 Å². The lowest BCUT2D eigenvalue weighted by molar-refractivity contribution is -0.176. The molecule has 3 atom stereocenters. The van der Waals surface area contributed by atoms with Gasteiger partial charge in [0.25, 0.3) is 0 Å². The molecule has 136 valence electrons. The van der Waals surface area contributed by atoms with E-state index in [1.165, 1.54) is 6.42 Å². The van der Waals surface area contributed by atoms with Crippen molar-refractivity contribution in [2.75, 3.05) is 40.5 Å². The number of hydrogen-bond donors (Lipinski definition) is 1. The molecule has 1 aliphatic carbocycles. The van der Waals surface area contributed by atoms with Gasteiger partial charge in [-0.3, -0.25) is 4.99 Å². The van der Waals surface area contributed by atoms with E-state index in [9.17, 15) is 0 Å². The third-order valence-electron chi connectivity index (χ3n) is 5.94. The van der Waals surface area contributed by atoms with Gasteiger partial charge in [-0.25, -0.2) is 0 Å². The van der Waals surface area contributed by atoms with E-state index >= 15 is 0 Å². The molecule has 3 unspecified atom stereocenters. The van der Waals surface area contributed by atoms with Crippen LogP contribution in [-0.4, -0.2) is 63.0 Å².